The van der Waals surface area contributed by atoms with E-state index in [-0.39, 0.29) is 0 Å². The molecule has 132 valence electrons. The number of thiazole rings is 1. The van der Waals surface area contributed by atoms with Gasteiger partial charge in [0.25, 0.3) is 10.0 Å². The van der Waals surface area contributed by atoms with Crippen molar-refractivity contribution >= 4 is 58.8 Å². The first-order valence-electron chi connectivity index (χ1n) is 7.85. The van der Waals surface area contributed by atoms with Gasteiger partial charge in [-0.1, -0.05) is 12.1 Å². The Kier molecular flexibility index (Phi) is 4.96. The van der Waals surface area contributed by atoms with Crippen LogP contribution in [0.1, 0.15) is 5.01 Å². The lowest BCUT2D eigenvalue weighted by Crippen LogP contribution is -2.48. The maximum absolute atomic E-state index is 12.7. The Morgan fingerprint density at radius 2 is 1.80 bits per heavy atom. The van der Waals surface area contributed by atoms with Gasteiger partial charge in [-0.05, 0) is 40.2 Å². The van der Waals surface area contributed by atoms with Gasteiger partial charge in [0.1, 0.15) is 9.22 Å². The Morgan fingerprint density at radius 1 is 1.04 bits per heavy atom. The molecule has 0 saturated carbocycles. The van der Waals surface area contributed by atoms with Crippen LogP contribution in [0, 0.1) is 0 Å². The maximum Gasteiger partial charge on any atom is 0.252 e. The van der Waals surface area contributed by atoms with Gasteiger partial charge in [0.15, 0.2) is 0 Å². The summed E-state index contributed by atoms with van der Waals surface area (Å²) in [5.41, 5.74) is 1.03. The Labute approximate surface area is 163 Å². The number of aromatic nitrogens is 1. The summed E-state index contributed by atoms with van der Waals surface area (Å²) in [4.78, 5) is 6.94. The Balaban J connectivity index is 1.41. The largest absolute Gasteiger partial charge is 0.294 e. The number of piperazine rings is 1. The van der Waals surface area contributed by atoms with Crippen molar-refractivity contribution in [3.05, 3.63) is 45.2 Å². The van der Waals surface area contributed by atoms with Gasteiger partial charge in [0.05, 0.1) is 20.5 Å². The number of nitrogens with zero attached hydrogens (tertiary/aromatic N) is 3. The fourth-order valence-electron chi connectivity index (χ4n) is 2.87. The minimum absolute atomic E-state index is 0.402. The zero-order valence-electron chi connectivity index (χ0n) is 13.3. The number of fused-ring (bicyclic) bond motifs is 1. The monoisotopic (exact) mass is 457 g/mol. The van der Waals surface area contributed by atoms with E-state index >= 15 is 0 Å². The van der Waals surface area contributed by atoms with E-state index in [0.29, 0.717) is 17.3 Å². The van der Waals surface area contributed by atoms with Crippen molar-refractivity contribution < 1.29 is 8.42 Å². The highest BCUT2D eigenvalue weighted by Gasteiger charge is 2.29. The van der Waals surface area contributed by atoms with E-state index in [2.05, 4.69) is 31.9 Å². The van der Waals surface area contributed by atoms with Crippen molar-refractivity contribution in [3.63, 3.8) is 0 Å². The van der Waals surface area contributed by atoms with Crippen molar-refractivity contribution in [1.82, 2.24) is 14.2 Å². The number of hydrogen-bond donors (Lipinski definition) is 0. The van der Waals surface area contributed by atoms with E-state index in [1.54, 1.807) is 27.8 Å². The van der Waals surface area contributed by atoms with Crippen LogP contribution in [0.2, 0.25) is 0 Å². The van der Waals surface area contributed by atoms with Crippen molar-refractivity contribution in [2.24, 2.45) is 0 Å². The van der Waals surface area contributed by atoms with Gasteiger partial charge in [-0.15, -0.1) is 22.7 Å². The second-order valence-corrected chi connectivity index (χ2v) is 11.6. The average molecular weight is 458 g/mol. The quantitative estimate of drug-likeness (QED) is 0.599. The lowest BCUT2D eigenvalue weighted by Gasteiger charge is -2.33. The summed E-state index contributed by atoms with van der Waals surface area (Å²) in [5, 5.41) is 1.08. The molecule has 1 aromatic carbocycles. The zero-order valence-corrected chi connectivity index (χ0v) is 17.3. The fourth-order valence-corrected chi connectivity index (χ4v) is 7.47. The first kappa shape index (κ1) is 17.6. The molecule has 0 radical (unpaired) electrons. The lowest BCUT2D eigenvalue weighted by molar-refractivity contribution is 0.181. The molecule has 0 amide bonds. The van der Waals surface area contributed by atoms with Crippen LogP contribution in [0.4, 0.5) is 0 Å². The summed E-state index contributed by atoms with van der Waals surface area (Å²) in [6, 6.07) is 11.6. The third-order valence-electron chi connectivity index (χ3n) is 4.17. The number of benzene rings is 1. The third kappa shape index (κ3) is 3.67. The van der Waals surface area contributed by atoms with Crippen LogP contribution in [-0.4, -0.2) is 48.8 Å². The first-order chi connectivity index (χ1) is 12.0. The molecule has 0 unspecified atom stereocenters. The molecule has 2 aromatic heterocycles. The molecule has 1 aliphatic heterocycles. The number of para-hydroxylation sites is 1. The molecule has 9 heteroatoms. The maximum atomic E-state index is 12.7. The topological polar surface area (TPSA) is 53.5 Å². The van der Waals surface area contributed by atoms with Gasteiger partial charge in [-0.25, -0.2) is 13.4 Å². The van der Waals surface area contributed by atoms with E-state index in [1.807, 2.05) is 18.2 Å². The van der Waals surface area contributed by atoms with Crippen LogP contribution < -0.4 is 0 Å². The first-order valence-corrected chi connectivity index (χ1v) is 11.7. The molecular formula is C16H16BrN3O2S3. The van der Waals surface area contributed by atoms with Crippen LogP contribution in [0.3, 0.4) is 0 Å². The van der Waals surface area contributed by atoms with Crippen LogP contribution in [-0.2, 0) is 16.6 Å². The van der Waals surface area contributed by atoms with Gasteiger partial charge < -0.3 is 0 Å². The van der Waals surface area contributed by atoms with Crippen molar-refractivity contribution in [2.75, 3.05) is 26.2 Å². The highest BCUT2D eigenvalue weighted by atomic mass is 79.9. The van der Waals surface area contributed by atoms with E-state index in [1.165, 1.54) is 16.0 Å². The molecular weight excluding hydrogens is 442 g/mol. The van der Waals surface area contributed by atoms with Crippen molar-refractivity contribution in [2.45, 2.75) is 10.8 Å². The van der Waals surface area contributed by atoms with E-state index in [0.717, 1.165) is 33.9 Å². The lowest BCUT2D eigenvalue weighted by atomic mass is 10.3. The van der Waals surface area contributed by atoms with Crippen LogP contribution >= 0.6 is 38.6 Å². The SMILES string of the molecule is O=S(=O)(c1ccc(Br)s1)N1CCN(Cc2nc3ccccc3s2)CC1. The molecule has 3 heterocycles. The molecule has 1 fully saturated rings. The van der Waals surface area contributed by atoms with E-state index in [4.69, 9.17) is 0 Å². The summed E-state index contributed by atoms with van der Waals surface area (Å²) in [6.07, 6.45) is 0. The van der Waals surface area contributed by atoms with Crippen LogP contribution in [0.15, 0.2) is 44.4 Å². The smallest absolute Gasteiger partial charge is 0.252 e. The summed E-state index contributed by atoms with van der Waals surface area (Å²) >= 11 is 6.30. The molecule has 5 nitrogen and oxygen atoms in total. The van der Waals surface area contributed by atoms with Crippen LogP contribution in [0.25, 0.3) is 10.2 Å². The van der Waals surface area contributed by atoms with Gasteiger partial charge in [0.2, 0.25) is 0 Å². The van der Waals surface area contributed by atoms with Gasteiger partial charge in [0, 0.05) is 26.2 Å². The molecule has 1 saturated heterocycles. The van der Waals surface area contributed by atoms with Crippen molar-refractivity contribution in [1.29, 1.82) is 0 Å². The van der Waals surface area contributed by atoms with Crippen molar-refractivity contribution in [3.8, 4) is 0 Å². The Hall–Kier alpha value is -0.840. The van der Waals surface area contributed by atoms with E-state index in [9.17, 15) is 8.42 Å². The Bertz CT molecular complexity index is 958. The second-order valence-electron chi connectivity index (χ2n) is 5.81. The predicted octanol–water partition coefficient (Wildman–Crippen LogP) is 3.63. The highest BCUT2D eigenvalue weighted by Crippen LogP contribution is 2.29. The van der Waals surface area contributed by atoms with Crippen LogP contribution in [0.5, 0.6) is 0 Å². The normalized spacial score (nSPS) is 17.3. The number of sulfonamides is 1. The summed E-state index contributed by atoms with van der Waals surface area (Å²) in [7, 11) is -3.38. The summed E-state index contributed by atoms with van der Waals surface area (Å²) < 4.78 is 29.4. The fraction of sp³-hybridized carbons (Fsp3) is 0.312. The minimum atomic E-state index is -3.38. The average Bonchev–Trinajstić information content (AvgIpc) is 3.21. The molecule has 0 bridgehead atoms. The minimum Gasteiger partial charge on any atom is -0.294 e. The molecule has 0 spiro atoms. The summed E-state index contributed by atoms with van der Waals surface area (Å²) in [5.74, 6) is 0. The number of hydrogen-bond acceptors (Lipinski definition) is 6. The molecule has 3 aromatic rings. The molecule has 0 atom stereocenters. The number of rotatable bonds is 4. The Morgan fingerprint density at radius 3 is 2.48 bits per heavy atom. The van der Waals surface area contributed by atoms with Gasteiger partial charge >= 0.3 is 0 Å². The van der Waals surface area contributed by atoms with E-state index < -0.39 is 10.0 Å². The second kappa shape index (κ2) is 7.05. The molecule has 25 heavy (non-hydrogen) atoms. The third-order valence-corrected chi connectivity index (χ3v) is 9.18. The molecule has 0 N–H and O–H groups in total. The molecule has 1 aliphatic rings. The predicted molar refractivity (Wildman–Crippen MR) is 106 cm³/mol. The van der Waals surface area contributed by atoms with Gasteiger partial charge in [-0.3, -0.25) is 4.90 Å². The number of halogens is 1. The standard InChI is InChI=1S/C16H16BrN3O2S3/c17-14-5-6-16(24-14)25(21,22)20-9-7-19(8-10-20)11-15-18-12-3-1-2-4-13(12)23-15/h1-6H,7-11H2. The molecule has 0 aliphatic carbocycles. The highest BCUT2D eigenvalue weighted by molar-refractivity contribution is 9.11. The summed E-state index contributed by atoms with van der Waals surface area (Å²) in [6.45, 7) is 3.26. The number of thiophene rings is 1. The van der Waals surface area contributed by atoms with Gasteiger partial charge in [-0.2, -0.15) is 4.31 Å². The zero-order chi connectivity index (χ0) is 17.4. The molecule has 4 rings (SSSR count).